The number of aromatic nitrogens is 2. The fourth-order valence-electron chi connectivity index (χ4n) is 2.33. The predicted octanol–water partition coefficient (Wildman–Crippen LogP) is 4.64. The molecular weight excluding hydrogens is 366 g/mol. The third-order valence-electron chi connectivity index (χ3n) is 3.47. The number of hydrogen-bond acceptors (Lipinski definition) is 6. The maximum absolute atomic E-state index is 12.2. The van der Waals surface area contributed by atoms with E-state index in [-0.39, 0.29) is 11.7 Å². The van der Waals surface area contributed by atoms with Crippen LogP contribution in [-0.4, -0.2) is 27.6 Å². The number of nitrogens with one attached hydrogen (secondary N) is 1. The van der Waals surface area contributed by atoms with E-state index < -0.39 is 0 Å². The Hall–Kier alpha value is -2.38. The van der Waals surface area contributed by atoms with Gasteiger partial charge in [-0.1, -0.05) is 47.7 Å². The van der Waals surface area contributed by atoms with E-state index in [4.69, 9.17) is 4.74 Å². The Morgan fingerprint density at radius 3 is 2.88 bits per heavy atom. The number of aryl methyl sites for hydroxylation is 1. The fourth-order valence-corrected chi connectivity index (χ4v) is 3.75. The van der Waals surface area contributed by atoms with Crippen LogP contribution in [0.3, 0.4) is 0 Å². The van der Waals surface area contributed by atoms with Crippen LogP contribution < -0.4 is 10.1 Å². The Morgan fingerprint density at radius 2 is 2.08 bits per heavy atom. The maximum Gasteiger partial charge on any atom is 0.234 e. The van der Waals surface area contributed by atoms with Gasteiger partial charge in [-0.25, -0.2) is 4.98 Å². The molecule has 7 heteroatoms. The van der Waals surface area contributed by atoms with Gasteiger partial charge in [0.15, 0.2) is 10.2 Å². The van der Waals surface area contributed by atoms with Gasteiger partial charge in [0.25, 0.3) is 0 Å². The van der Waals surface area contributed by atoms with E-state index in [1.165, 1.54) is 28.9 Å². The molecule has 0 atom stereocenters. The van der Waals surface area contributed by atoms with Gasteiger partial charge in [-0.05, 0) is 43.6 Å². The predicted molar refractivity (Wildman–Crippen MR) is 107 cm³/mol. The first kappa shape index (κ1) is 18.4. The highest BCUT2D eigenvalue weighted by molar-refractivity contribution is 8.01. The van der Waals surface area contributed by atoms with Crippen LogP contribution in [0.5, 0.6) is 5.75 Å². The van der Waals surface area contributed by atoms with Crippen molar-refractivity contribution in [1.82, 2.24) is 9.36 Å². The summed E-state index contributed by atoms with van der Waals surface area (Å²) in [5.41, 5.74) is 2.83. The van der Waals surface area contributed by atoms with Gasteiger partial charge in [0.05, 0.1) is 18.0 Å². The van der Waals surface area contributed by atoms with Gasteiger partial charge >= 0.3 is 0 Å². The van der Waals surface area contributed by atoms with E-state index >= 15 is 0 Å². The second-order valence-corrected chi connectivity index (χ2v) is 7.49. The molecule has 0 radical (unpaired) electrons. The molecule has 0 saturated carbocycles. The Balaban J connectivity index is 1.59. The molecule has 0 aliphatic heterocycles. The maximum atomic E-state index is 12.2. The van der Waals surface area contributed by atoms with Gasteiger partial charge in [-0.2, -0.15) is 4.37 Å². The molecule has 0 bridgehead atoms. The summed E-state index contributed by atoms with van der Waals surface area (Å²) >= 11 is 2.69. The topological polar surface area (TPSA) is 64.1 Å². The number of ether oxygens (including phenoxy) is 1. The second kappa shape index (κ2) is 8.82. The molecule has 1 amide bonds. The molecule has 1 heterocycles. The number of hydrogen-bond donors (Lipinski definition) is 1. The molecule has 5 nitrogen and oxygen atoms in total. The Labute approximate surface area is 161 Å². The number of carbonyl (C=O) groups is 1. The summed E-state index contributed by atoms with van der Waals surface area (Å²) < 4.78 is 10.7. The lowest BCUT2D eigenvalue weighted by molar-refractivity contribution is -0.113. The Bertz CT molecular complexity index is 896. The summed E-state index contributed by atoms with van der Waals surface area (Å²) in [6, 6.07) is 15.5. The minimum Gasteiger partial charge on any atom is -0.492 e. The molecule has 3 aromatic rings. The highest BCUT2D eigenvalue weighted by Crippen LogP contribution is 2.27. The normalized spacial score (nSPS) is 10.5. The van der Waals surface area contributed by atoms with Gasteiger partial charge in [-0.3, -0.25) is 4.79 Å². The third-order valence-corrected chi connectivity index (χ3v) is 5.31. The number of anilines is 1. The average molecular weight is 386 g/mol. The molecular formula is C19H19N3O2S2. The summed E-state index contributed by atoms with van der Waals surface area (Å²) in [7, 11) is 0. The molecule has 1 aromatic heterocycles. The number of amides is 1. The lowest BCUT2D eigenvalue weighted by atomic mass is 10.1. The third kappa shape index (κ3) is 4.83. The largest absolute Gasteiger partial charge is 0.492 e. The standard InChI is InChI=1S/C19H19N3O2S2/c1-3-24-16-10-5-4-9-15(16)20-17(23)12-25-19-21-18(22-26-19)14-8-6-7-13(2)11-14/h4-11H,3,12H2,1-2H3,(H,20,23). The summed E-state index contributed by atoms with van der Waals surface area (Å²) in [5.74, 6) is 1.53. The first-order valence-corrected chi connectivity index (χ1v) is 9.97. The summed E-state index contributed by atoms with van der Waals surface area (Å²) in [6.07, 6.45) is 0. The first-order valence-electron chi connectivity index (χ1n) is 8.21. The summed E-state index contributed by atoms with van der Waals surface area (Å²) in [6.45, 7) is 4.50. The zero-order valence-corrected chi connectivity index (χ0v) is 16.2. The smallest absolute Gasteiger partial charge is 0.234 e. The second-order valence-electron chi connectivity index (χ2n) is 5.52. The van der Waals surface area contributed by atoms with Crippen LogP contribution in [0, 0.1) is 6.92 Å². The van der Waals surface area contributed by atoms with E-state index in [1.807, 2.05) is 62.4 Å². The molecule has 0 spiro atoms. The number of nitrogens with zero attached hydrogens (tertiary/aromatic N) is 2. The van der Waals surface area contributed by atoms with E-state index in [0.717, 1.165) is 9.90 Å². The van der Waals surface area contributed by atoms with Crippen LogP contribution >= 0.6 is 23.3 Å². The number of carbonyl (C=O) groups excluding carboxylic acids is 1. The SMILES string of the molecule is CCOc1ccccc1NC(=O)CSc1nc(-c2cccc(C)c2)ns1. The quantitative estimate of drug-likeness (QED) is 0.600. The monoisotopic (exact) mass is 385 g/mol. The van der Waals surface area contributed by atoms with Crippen molar-refractivity contribution in [2.24, 2.45) is 0 Å². The molecule has 26 heavy (non-hydrogen) atoms. The van der Waals surface area contributed by atoms with Gasteiger partial charge in [0, 0.05) is 5.56 Å². The van der Waals surface area contributed by atoms with Crippen molar-refractivity contribution in [3.63, 3.8) is 0 Å². The van der Waals surface area contributed by atoms with E-state index in [9.17, 15) is 4.79 Å². The van der Waals surface area contributed by atoms with E-state index in [2.05, 4.69) is 14.7 Å². The van der Waals surface area contributed by atoms with Crippen LogP contribution in [0.2, 0.25) is 0 Å². The highest BCUT2D eigenvalue weighted by Gasteiger charge is 2.11. The molecule has 0 unspecified atom stereocenters. The Morgan fingerprint density at radius 1 is 1.23 bits per heavy atom. The van der Waals surface area contributed by atoms with Crippen LogP contribution in [0.15, 0.2) is 52.9 Å². The van der Waals surface area contributed by atoms with Crippen molar-refractivity contribution >= 4 is 34.9 Å². The summed E-state index contributed by atoms with van der Waals surface area (Å²) in [5, 5.41) is 2.88. The molecule has 0 aliphatic carbocycles. The zero-order chi connectivity index (χ0) is 18.4. The van der Waals surface area contributed by atoms with E-state index in [1.54, 1.807) is 0 Å². The summed E-state index contributed by atoms with van der Waals surface area (Å²) in [4.78, 5) is 16.7. The van der Waals surface area contributed by atoms with Crippen molar-refractivity contribution in [3.8, 4) is 17.1 Å². The molecule has 0 aliphatic rings. The van der Waals surface area contributed by atoms with Crippen molar-refractivity contribution in [2.45, 2.75) is 18.2 Å². The first-order chi connectivity index (χ1) is 12.7. The minimum atomic E-state index is -0.102. The van der Waals surface area contributed by atoms with Crippen molar-refractivity contribution in [2.75, 3.05) is 17.7 Å². The van der Waals surface area contributed by atoms with Gasteiger partial charge in [0.2, 0.25) is 5.91 Å². The fraction of sp³-hybridized carbons (Fsp3) is 0.211. The molecule has 0 fully saturated rings. The minimum absolute atomic E-state index is 0.102. The molecule has 2 aromatic carbocycles. The average Bonchev–Trinajstić information content (AvgIpc) is 3.11. The number of para-hydroxylation sites is 2. The lowest BCUT2D eigenvalue weighted by Gasteiger charge is -2.10. The Kier molecular flexibility index (Phi) is 6.25. The van der Waals surface area contributed by atoms with Gasteiger partial charge in [-0.15, -0.1) is 0 Å². The number of thioether (sulfide) groups is 1. The van der Waals surface area contributed by atoms with Crippen LogP contribution in [-0.2, 0) is 4.79 Å². The van der Waals surface area contributed by atoms with Crippen LogP contribution in [0.1, 0.15) is 12.5 Å². The number of benzene rings is 2. The van der Waals surface area contributed by atoms with Crippen molar-refractivity contribution < 1.29 is 9.53 Å². The van der Waals surface area contributed by atoms with Crippen LogP contribution in [0.25, 0.3) is 11.4 Å². The van der Waals surface area contributed by atoms with Gasteiger partial charge in [0.1, 0.15) is 5.75 Å². The van der Waals surface area contributed by atoms with Gasteiger partial charge < -0.3 is 10.1 Å². The zero-order valence-electron chi connectivity index (χ0n) is 14.6. The van der Waals surface area contributed by atoms with E-state index in [0.29, 0.717) is 23.9 Å². The van der Waals surface area contributed by atoms with Crippen LogP contribution in [0.4, 0.5) is 5.69 Å². The van der Waals surface area contributed by atoms with Crippen molar-refractivity contribution in [3.05, 3.63) is 54.1 Å². The van der Waals surface area contributed by atoms with Crippen molar-refractivity contribution in [1.29, 1.82) is 0 Å². The molecule has 1 N–H and O–H groups in total. The lowest BCUT2D eigenvalue weighted by Crippen LogP contribution is -2.14. The highest BCUT2D eigenvalue weighted by atomic mass is 32.2. The molecule has 3 rings (SSSR count). The number of rotatable bonds is 7. The molecule has 0 saturated heterocycles. The molecule has 134 valence electrons.